The largest absolute Gasteiger partial charge is 0.457 e. The van der Waals surface area contributed by atoms with E-state index in [9.17, 15) is 9.90 Å². The van der Waals surface area contributed by atoms with Crippen LogP contribution in [0.1, 0.15) is 53.1 Å². The summed E-state index contributed by atoms with van der Waals surface area (Å²) < 4.78 is 6.00. The monoisotopic (exact) mass is 432 g/mol. The van der Waals surface area contributed by atoms with Crippen LogP contribution >= 0.6 is 0 Å². The van der Waals surface area contributed by atoms with E-state index in [1.807, 2.05) is 12.1 Å². The average Bonchev–Trinajstić information content (AvgIpc) is 3.58. The summed E-state index contributed by atoms with van der Waals surface area (Å²) >= 11 is 0. The number of terminal acetylenes is 1. The van der Waals surface area contributed by atoms with Crippen molar-refractivity contribution in [2.75, 3.05) is 19.6 Å². The smallest absolute Gasteiger partial charge is 0.251 e. The van der Waals surface area contributed by atoms with Gasteiger partial charge in [-0.15, -0.1) is 6.42 Å². The SMILES string of the molecule is C#CCNCCNC(=O)c1ccc(Oc2ccc(C3CCC4(CC3)N=N4)cc2CO)cc1. The minimum Gasteiger partial charge on any atom is -0.457 e. The Kier molecular flexibility index (Phi) is 6.84. The zero-order chi connectivity index (χ0) is 22.4. The summed E-state index contributed by atoms with van der Waals surface area (Å²) in [6, 6.07) is 13.0. The lowest BCUT2D eigenvalue weighted by Gasteiger charge is -2.26. The lowest BCUT2D eigenvalue weighted by molar-refractivity contribution is 0.0954. The maximum absolute atomic E-state index is 12.2. The van der Waals surface area contributed by atoms with Crippen molar-refractivity contribution in [2.24, 2.45) is 10.2 Å². The summed E-state index contributed by atoms with van der Waals surface area (Å²) in [5.74, 6) is 4.02. The lowest BCUT2D eigenvalue weighted by atomic mass is 9.80. The van der Waals surface area contributed by atoms with Gasteiger partial charge in [-0.3, -0.25) is 4.79 Å². The summed E-state index contributed by atoms with van der Waals surface area (Å²) in [5.41, 5.74) is 2.46. The highest BCUT2D eigenvalue weighted by molar-refractivity contribution is 5.94. The standard InChI is InChI=1S/C25H28N4O3/c1-2-13-26-14-15-27-24(31)19-3-6-22(7-4-19)32-23-8-5-20(16-21(23)17-30)18-9-11-25(12-10-18)28-29-25/h1,3-8,16,18,26,30H,9-15,17H2,(H,27,31). The van der Waals surface area contributed by atoms with Crippen molar-refractivity contribution < 1.29 is 14.6 Å². The maximum Gasteiger partial charge on any atom is 0.251 e. The molecular formula is C25H28N4O3. The quantitative estimate of drug-likeness (QED) is 0.415. The predicted octanol–water partition coefficient (Wildman–Crippen LogP) is 3.74. The molecule has 1 spiro atoms. The minimum absolute atomic E-state index is 0.0682. The second kappa shape index (κ2) is 9.94. The zero-order valence-corrected chi connectivity index (χ0v) is 18.0. The molecule has 7 nitrogen and oxygen atoms in total. The van der Waals surface area contributed by atoms with Gasteiger partial charge in [0.1, 0.15) is 11.5 Å². The Bertz CT molecular complexity index is 1010. The number of aliphatic hydroxyl groups is 1. The van der Waals surface area contributed by atoms with Crippen molar-refractivity contribution in [3.05, 3.63) is 59.2 Å². The van der Waals surface area contributed by atoms with Crippen molar-refractivity contribution in [1.29, 1.82) is 0 Å². The number of benzene rings is 2. The topological polar surface area (TPSA) is 95.3 Å². The Morgan fingerprint density at radius 3 is 2.56 bits per heavy atom. The van der Waals surface area contributed by atoms with Gasteiger partial charge in [-0.25, -0.2) is 0 Å². The first-order valence-corrected chi connectivity index (χ1v) is 11.0. The molecule has 1 fully saturated rings. The first kappa shape index (κ1) is 22.0. The molecule has 32 heavy (non-hydrogen) atoms. The summed E-state index contributed by atoms with van der Waals surface area (Å²) in [6.45, 7) is 1.49. The van der Waals surface area contributed by atoms with Crippen molar-refractivity contribution in [3.63, 3.8) is 0 Å². The van der Waals surface area contributed by atoms with Crippen molar-refractivity contribution in [2.45, 2.75) is 43.9 Å². The van der Waals surface area contributed by atoms with Gasteiger partial charge in [0.15, 0.2) is 5.66 Å². The van der Waals surface area contributed by atoms with E-state index in [1.54, 1.807) is 24.3 Å². The fourth-order valence-electron chi connectivity index (χ4n) is 4.09. The summed E-state index contributed by atoms with van der Waals surface area (Å²) in [7, 11) is 0. The van der Waals surface area contributed by atoms with E-state index >= 15 is 0 Å². The fraction of sp³-hybridized carbons (Fsp3) is 0.400. The van der Waals surface area contributed by atoms with Crippen LogP contribution in [0.3, 0.4) is 0 Å². The second-order valence-corrected chi connectivity index (χ2v) is 8.25. The second-order valence-electron chi connectivity index (χ2n) is 8.25. The third-order valence-corrected chi connectivity index (χ3v) is 6.05. The lowest BCUT2D eigenvalue weighted by Crippen LogP contribution is -2.31. The Labute approximate surface area is 188 Å². The van der Waals surface area contributed by atoms with Gasteiger partial charge in [-0.05, 0) is 73.6 Å². The molecule has 1 amide bonds. The van der Waals surface area contributed by atoms with Gasteiger partial charge >= 0.3 is 0 Å². The van der Waals surface area contributed by atoms with Gasteiger partial charge in [0.2, 0.25) is 0 Å². The van der Waals surface area contributed by atoms with Gasteiger partial charge < -0.3 is 20.5 Å². The number of carbonyl (C=O) groups excluding carboxylic acids is 1. The third kappa shape index (κ3) is 5.34. The highest BCUT2D eigenvalue weighted by Gasteiger charge is 2.43. The molecule has 1 heterocycles. The number of rotatable bonds is 9. The van der Waals surface area contributed by atoms with E-state index < -0.39 is 0 Å². The molecule has 166 valence electrons. The molecule has 2 aromatic rings. The molecule has 0 unspecified atom stereocenters. The minimum atomic E-state index is -0.152. The first-order valence-electron chi connectivity index (χ1n) is 11.0. The molecule has 0 radical (unpaired) electrons. The Morgan fingerprint density at radius 1 is 1.16 bits per heavy atom. The molecule has 2 aliphatic rings. The number of nitrogens with one attached hydrogen (secondary N) is 2. The molecule has 0 aromatic heterocycles. The average molecular weight is 433 g/mol. The van der Waals surface area contributed by atoms with E-state index in [1.165, 1.54) is 5.56 Å². The van der Waals surface area contributed by atoms with Gasteiger partial charge in [-0.1, -0.05) is 12.0 Å². The van der Waals surface area contributed by atoms with Crippen molar-refractivity contribution >= 4 is 5.91 Å². The molecule has 7 heteroatoms. The maximum atomic E-state index is 12.2. The van der Waals surface area contributed by atoms with Crippen LogP contribution in [-0.4, -0.2) is 36.3 Å². The van der Waals surface area contributed by atoms with Gasteiger partial charge in [-0.2, -0.15) is 10.2 Å². The zero-order valence-electron chi connectivity index (χ0n) is 18.0. The number of hydrogen-bond donors (Lipinski definition) is 3. The predicted molar refractivity (Wildman–Crippen MR) is 122 cm³/mol. The van der Waals surface area contributed by atoms with Crippen LogP contribution < -0.4 is 15.4 Å². The molecule has 0 atom stereocenters. The highest BCUT2D eigenvalue weighted by atomic mass is 16.5. The molecule has 0 bridgehead atoms. The van der Waals surface area contributed by atoms with Gasteiger partial charge in [0, 0.05) is 24.2 Å². The van der Waals surface area contributed by atoms with Crippen LogP contribution in [0.4, 0.5) is 0 Å². The normalized spacial score (nSPS) is 16.5. The van der Waals surface area contributed by atoms with E-state index in [-0.39, 0.29) is 18.2 Å². The molecule has 4 rings (SSSR count). The Morgan fingerprint density at radius 2 is 1.91 bits per heavy atom. The Hall–Kier alpha value is -3.21. The number of hydrogen-bond acceptors (Lipinski definition) is 6. The van der Waals surface area contributed by atoms with Crippen molar-refractivity contribution in [1.82, 2.24) is 10.6 Å². The number of aliphatic hydroxyl groups excluding tert-OH is 1. The van der Waals surface area contributed by atoms with E-state index in [0.717, 1.165) is 31.2 Å². The number of nitrogens with zero attached hydrogens (tertiary/aromatic N) is 2. The van der Waals surface area contributed by atoms with E-state index in [4.69, 9.17) is 11.2 Å². The molecular weight excluding hydrogens is 404 g/mol. The van der Waals surface area contributed by atoms with Crippen LogP contribution in [0.5, 0.6) is 11.5 Å². The van der Waals surface area contributed by atoms with Crippen LogP contribution in [0.2, 0.25) is 0 Å². The summed E-state index contributed by atoms with van der Waals surface area (Å²) in [6.07, 6.45) is 9.30. The molecule has 1 aliphatic carbocycles. The summed E-state index contributed by atoms with van der Waals surface area (Å²) in [4.78, 5) is 12.2. The molecule has 1 saturated carbocycles. The number of amides is 1. The molecule has 2 aromatic carbocycles. The Balaban J connectivity index is 1.34. The van der Waals surface area contributed by atoms with E-state index in [0.29, 0.717) is 42.6 Å². The van der Waals surface area contributed by atoms with Crippen LogP contribution in [0.25, 0.3) is 0 Å². The fourth-order valence-corrected chi connectivity index (χ4v) is 4.09. The number of carbonyl (C=O) groups is 1. The van der Waals surface area contributed by atoms with Crippen LogP contribution in [0.15, 0.2) is 52.7 Å². The molecule has 3 N–H and O–H groups in total. The van der Waals surface area contributed by atoms with Gasteiger partial charge in [0.25, 0.3) is 5.91 Å². The first-order chi connectivity index (χ1) is 15.6. The van der Waals surface area contributed by atoms with E-state index in [2.05, 4.69) is 32.8 Å². The van der Waals surface area contributed by atoms with Crippen LogP contribution in [-0.2, 0) is 6.61 Å². The number of ether oxygens (including phenoxy) is 1. The summed E-state index contributed by atoms with van der Waals surface area (Å²) in [5, 5.41) is 24.1. The third-order valence-electron chi connectivity index (χ3n) is 6.05. The molecule has 1 aliphatic heterocycles. The van der Waals surface area contributed by atoms with Crippen LogP contribution in [0, 0.1) is 12.3 Å². The van der Waals surface area contributed by atoms with Gasteiger partial charge in [0.05, 0.1) is 13.2 Å². The molecule has 0 saturated heterocycles. The van der Waals surface area contributed by atoms with Crippen molar-refractivity contribution in [3.8, 4) is 23.8 Å². The highest BCUT2D eigenvalue weighted by Crippen LogP contribution is 2.47.